The van der Waals surface area contributed by atoms with Gasteiger partial charge in [0.05, 0.1) is 11.3 Å². The monoisotopic (exact) mass is 283 g/mol. The minimum absolute atomic E-state index is 0.175. The summed E-state index contributed by atoms with van der Waals surface area (Å²) < 4.78 is 0. The van der Waals surface area contributed by atoms with Gasteiger partial charge >= 0.3 is 0 Å². The van der Waals surface area contributed by atoms with Crippen molar-refractivity contribution in [1.29, 1.82) is 0 Å². The molecule has 0 spiro atoms. The first-order valence-electron chi connectivity index (χ1n) is 7.11. The van der Waals surface area contributed by atoms with Gasteiger partial charge in [0.15, 0.2) is 0 Å². The second-order valence-electron chi connectivity index (χ2n) is 5.09. The summed E-state index contributed by atoms with van der Waals surface area (Å²) in [6, 6.07) is 13.4. The van der Waals surface area contributed by atoms with Crippen LogP contribution < -0.4 is 16.6 Å². The SMILES string of the molecule is CCCc1ccc(NC(=O)c2ccc(C)cc2NN)cc1. The molecule has 2 aromatic carbocycles. The van der Waals surface area contributed by atoms with Crippen LogP contribution in [0.15, 0.2) is 42.5 Å². The third-order valence-corrected chi connectivity index (χ3v) is 3.33. The number of rotatable bonds is 5. The molecule has 0 saturated carbocycles. The van der Waals surface area contributed by atoms with Gasteiger partial charge in [0.1, 0.15) is 0 Å². The van der Waals surface area contributed by atoms with Crippen molar-refractivity contribution in [3.8, 4) is 0 Å². The second-order valence-corrected chi connectivity index (χ2v) is 5.09. The number of nitrogen functional groups attached to an aromatic ring is 1. The molecule has 4 nitrogen and oxygen atoms in total. The molecule has 0 heterocycles. The maximum absolute atomic E-state index is 12.3. The van der Waals surface area contributed by atoms with Crippen LogP contribution in [0, 0.1) is 6.92 Å². The Balaban J connectivity index is 2.14. The molecule has 0 aliphatic carbocycles. The fourth-order valence-electron chi connectivity index (χ4n) is 2.22. The van der Waals surface area contributed by atoms with Gasteiger partial charge in [-0.2, -0.15) is 0 Å². The third kappa shape index (κ3) is 3.83. The number of carbonyl (C=O) groups excluding carboxylic acids is 1. The van der Waals surface area contributed by atoms with Gasteiger partial charge in [-0.15, -0.1) is 0 Å². The van der Waals surface area contributed by atoms with E-state index in [9.17, 15) is 4.79 Å². The van der Waals surface area contributed by atoms with E-state index in [1.807, 2.05) is 43.3 Å². The molecule has 0 atom stereocenters. The molecule has 0 saturated heterocycles. The largest absolute Gasteiger partial charge is 0.323 e. The zero-order valence-electron chi connectivity index (χ0n) is 12.4. The number of hydrogen-bond donors (Lipinski definition) is 3. The molecule has 110 valence electrons. The molecule has 21 heavy (non-hydrogen) atoms. The summed E-state index contributed by atoms with van der Waals surface area (Å²) in [4.78, 5) is 12.3. The standard InChI is InChI=1S/C17H21N3O/c1-3-4-13-6-8-14(9-7-13)19-17(21)15-10-5-12(2)11-16(15)20-18/h5-11,20H,3-4,18H2,1-2H3,(H,19,21). The van der Waals surface area contributed by atoms with Crippen LogP contribution in [0.1, 0.15) is 34.8 Å². The molecule has 0 radical (unpaired) electrons. The number of carbonyl (C=O) groups is 1. The van der Waals surface area contributed by atoms with E-state index >= 15 is 0 Å². The average Bonchev–Trinajstić information content (AvgIpc) is 2.49. The number of hydrazine groups is 1. The Bertz CT molecular complexity index is 620. The lowest BCUT2D eigenvalue weighted by Gasteiger charge is -2.11. The number of hydrogen-bond acceptors (Lipinski definition) is 3. The molecule has 4 N–H and O–H groups in total. The maximum atomic E-state index is 12.3. The predicted octanol–water partition coefficient (Wildman–Crippen LogP) is 3.49. The van der Waals surface area contributed by atoms with E-state index in [-0.39, 0.29) is 5.91 Å². The van der Waals surface area contributed by atoms with Crippen LogP contribution in [0.2, 0.25) is 0 Å². The van der Waals surface area contributed by atoms with Crippen LogP contribution >= 0.6 is 0 Å². The minimum Gasteiger partial charge on any atom is -0.323 e. The predicted molar refractivity (Wildman–Crippen MR) is 87.4 cm³/mol. The summed E-state index contributed by atoms with van der Waals surface area (Å²) in [6.45, 7) is 4.10. The first-order valence-corrected chi connectivity index (χ1v) is 7.11. The van der Waals surface area contributed by atoms with Gasteiger partial charge in [0.2, 0.25) is 0 Å². The Morgan fingerprint density at radius 1 is 1.14 bits per heavy atom. The van der Waals surface area contributed by atoms with Gasteiger partial charge < -0.3 is 10.7 Å². The second kappa shape index (κ2) is 6.90. The number of nitrogens with one attached hydrogen (secondary N) is 2. The van der Waals surface area contributed by atoms with Gasteiger partial charge in [-0.25, -0.2) is 0 Å². The summed E-state index contributed by atoms with van der Waals surface area (Å²) in [5, 5.41) is 2.89. The van der Waals surface area contributed by atoms with Crippen molar-refractivity contribution in [3.05, 3.63) is 59.2 Å². The average molecular weight is 283 g/mol. The third-order valence-electron chi connectivity index (χ3n) is 3.33. The molecular formula is C17H21N3O. The molecule has 0 aromatic heterocycles. The van der Waals surface area contributed by atoms with E-state index in [1.54, 1.807) is 6.07 Å². The van der Waals surface area contributed by atoms with Gasteiger partial charge in [-0.3, -0.25) is 10.6 Å². The van der Waals surface area contributed by atoms with Crippen LogP contribution in [0.4, 0.5) is 11.4 Å². The Kier molecular flexibility index (Phi) is 4.95. The van der Waals surface area contributed by atoms with Gasteiger partial charge in [-0.1, -0.05) is 31.5 Å². The summed E-state index contributed by atoms with van der Waals surface area (Å²) in [7, 11) is 0. The number of amides is 1. The molecule has 0 fully saturated rings. The number of benzene rings is 2. The van der Waals surface area contributed by atoms with Crippen LogP contribution in [0.5, 0.6) is 0 Å². The lowest BCUT2D eigenvalue weighted by Crippen LogP contribution is -2.17. The first kappa shape index (κ1) is 15.1. The van der Waals surface area contributed by atoms with Gasteiger partial charge in [-0.05, 0) is 48.7 Å². The molecule has 2 aromatic rings. The van der Waals surface area contributed by atoms with Crippen molar-refractivity contribution in [2.75, 3.05) is 10.7 Å². The van der Waals surface area contributed by atoms with E-state index in [4.69, 9.17) is 5.84 Å². The van der Waals surface area contributed by atoms with E-state index in [0.717, 1.165) is 24.1 Å². The molecule has 2 rings (SSSR count). The molecule has 0 aliphatic heterocycles. The molecule has 0 bridgehead atoms. The van der Waals surface area contributed by atoms with Crippen molar-refractivity contribution in [1.82, 2.24) is 0 Å². The molecule has 1 amide bonds. The van der Waals surface area contributed by atoms with Crippen molar-refractivity contribution < 1.29 is 4.79 Å². The number of nitrogens with two attached hydrogens (primary N) is 1. The molecule has 0 unspecified atom stereocenters. The Morgan fingerprint density at radius 3 is 2.48 bits per heavy atom. The zero-order chi connectivity index (χ0) is 15.2. The van der Waals surface area contributed by atoms with E-state index < -0.39 is 0 Å². The van der Waals surface area contributed by atoms with Crippen LogP contribution in [0.3, 0.4) is 0 Å². The first-order chi connectivity index (χ1) is 10.1. The van der Waals surface area contributed by atoms with Crippen LogP contribution in [-0.2, 0) is 6.42 Å². The normalized spacial score (nSPS) is 10.2. The maximum Gasteiger partial charge on any atom is 0.257 e. The highest BCUT2D eigenvalue weighted by atomic mass is 16.1. The smallest absolute Gasteiger partial charge is 0.257 e. The molecule has 4 heteroatoms. The quantitative estimate of drug-likeness (QED) is 0.581. The number of aryl methyl sites for hydroxylation is 2. The Hall–Kier alpha value is -2.33. The highest BCUT2D eigenvalue weighted by molar-refractivity contribution is 6.08. The van der Waals surface area contributed by atoms with Crippen molar-refractivity contribution >= 4 is 17.3 Å². The van der Waals surface area contributed by atoms with Crippen LogP contribution in [0.25, 0.3) is 0 Å². The lowest BCUT2D eigenvalue weighted by molar-refractivity contribution is 0.102. The lowest BCUT2D eigenvalue weighted by atomic mass is 10.1. The van der Waals surface area contributed by atoms with Gasteiger partial charge in [0.25, 0.3) is 5.91 Å². The summed E-state index contributed by atoms with van der Waals surface area (Å²) in [5.74, 6) is 5.30. The Labute approximate surface area is 125 Å². The van der Waals surface area contributed by atoms with E-state index in [1.165, 1.54) is 5.56 Å². The highest BCUT2D eigenvalue weighted by Crippen LogP contribution is 2.19. The van der Waals surface area contributed by atoms with E-state index in [2.05, 4.69) is 17.7 Å². The van der Waals surface area contributed by atoms with Crippen LogP contribution in [-0.4, -0.2) is 5.91 Å². The van der Waals surface area contributed by atoms with Gasteiger partial charge in [0, 0.05) is 5.69 Å². The van der Waals surface area contributed by atoms with Crippen molar-refractivity contribution in [3.63, 3.8) is 0 Å². The minimum atomic E-state index is -0.175. The summed E-state index contributed by atoms with van der Waals surface area (Å²) >= 11 is 0. The Morgan fingerprint density at radius 2 is 1.86 bits per heavy atom. The topological polar surface area (TPSA) is 67.2 Å². The number of anilines is 2. The van der Waals surface area contributed by atoms with E-state index in [0.29, 0.717) is 11.3 Å². The summed E-state index contributed by atoms with van der Waals surface area (Å²) in [5.41, 5.74) is 6.82. The highest BCUT2D eigenvalue weighted by Gasteiger charge is 2.11. The molecular weight excluding hydrogens is 262 g/mol. The van der Waals surface area contributed by atoms with Crippen molar-refractivity contribution in [2.24, 2.45) is 5.84 Å². The zero-order valence-corrected chi connectivity index (χ0v) is 12.4. The fraction of sp³-hybridized carbons (Fsp3) is 0.235. The fourth-order valence-corrected chi connectivity index (χ4v) is 2.22. The molecule has 0 aliphatic rings. The van der Waals surface area contributed by atoms with Crippen molar-refractivity contribution in [2.45, 2.75) is 26.7 Å². The summed E-state index contributed by atoms with van der Waals surface area (Å²) in [6.07, 6.45) is 2.16.